The van der Waals surface area contributed by atoms with E-state index in [2.05, 4.69) is 10.3 Å². The first-order chi connectivity index (χ1) is 13.0. The Hall–Kier alpha value is -3.00. The van der Waals surface area contributed by atoms with Crippen LogP contribution in [0.5, 0.6) is 0 Å². The Balaban J connectivity index is 1.70. The van der Waals surface area contributed by atoms with Crippen molar-refractivity contribution in [2.45, 2.75) is 26.8 Å². The smallest absolute Gasteiger partial charge is 0.338 e. The van der Waals surface area contributed by atoms with E-state index in [1.807, 2.05) is 13.0 Å². The average Bonchev–Trinajstić information content (AvgIpc) is 3.09. The predicted molar refractivity (Wildman–Crippen MR) is 104 cm³/mol. The van der Waals surface area contributed by atoms with Crippen LogP contribution in [0.3, 0.4) is 0 Å². The Morgan fingerprint density at radius 1 is 1.22 bits per heavy atom. The molecule has 8 heteroatoms. The highest BCUT2D eigenvalue weighted by atomic mass is 32.1. The normalized spacial score (nSPS) is 10.7. The number of carbonyl (C=O) groups excluding carboxylic acids is 2. The predicted octanol–water partition coefficient (Wildman–Crippen LogP) is 2.84. The van der Waals surface area contributed by atoms with E-state index >= 15 is 0 Å². The van der Waals surface area contributed by atoms with Gasteiger partial charge in [0.1, 0.15) is 11.4 Å². The minimum Gasteiger partial charge on any atom is -0.462 e. The summed E-state index contributed by atoms with van der Waals surface area (Å²) >= 11 is 1.49. The second kappa shape index (κ2) is 8.13. The first-order valence-electron chi connectivity index (χ1n) is 8.56. The number of ether oxygens (including phenoxy) is 1. The number of nitrogens with zero attached hydrogens (tertiary/aromatic N) is 2. The summed E-state index contributed by atoms with van der Waals surface area (Å²) in [4.78, 5) is 42.5. The van der Waals surface area contributed by atoms with Gasteiger partial charge in [0.15, 0.2) is 0 Å². The standard InChI is InChI=1S/C19H19N3O4S/c1-3-14-9-15-17(27-14)20-11-22(18(15)24)10-16(23)21-13-7-5-12(6-8-13)19(25)26-4-2/h5-9,11H,3-4,10H2,1-2H3,(H,21,23). The number of fused-ring (bicyclic) bond motifs is 1. The zero-order chi connectivity index (χ0) is 19.4. The van der Waals surface area contributed by atoms with E-state index in [1.165, 1.54) is 22.2 Å². The number of amides is 1. The van der Waals surface area contributed by atoms with Gasteiger partial charge in [0.05, 0.1) is 23.9 Å². The van der Waals surface area contributed by atoms with Crippen molar-refractivity contribution in [3.8, 4) is 0 Å². The van der Waals surface area contributed by atoms with E-state index in [0.29, 0.717) is 28.1 Å². The van der Waals surface area contributed by atoms with Crippen molar-refractivity contribution < 1.29 is 14.3 Å². The van der Waals surface area contributed by atoms with Crippen LogP contribution in [0.1, 0.15) is 29.1 Å². The van der Waals surface area contributed by atoms with Crippen LogP contribution in [0.2, 0.25) is 0 Å². The number of nitrogens with one attached hydrogen (secondary N) is 1. The fourth-order valence-corrected chi connectivity index (χ4v) is 3.48. The van der Waals surface area contributed by atoms with Crippen LogP contribution >= 0.6 is 11.3 Å². The van der Waals surface area contributed by atoms with Crippen LogP contribution in [0.25, 0.3) is 10.2 Å². The summed E-state index contributed by atoms with van der Waals surface area (Å²) in [5, 5.41) is 3.24. The van der Waals surface area contributed by atoms with Gasteiger partial charge < -0.3 is 10.1 Å². The van der Waals surface area contributed by atoms with Crippen molar-refractivity contribution in [1.82, 2.24) is 9.55 Å². The monoisotopic (exact) mass is 385 g/mol. The molecule has 0 spiro atoms. The van der Waals surface area contributed by atoms with E-state index in [9.17, 15) is 14.4 Å². The molecule has 0 aliphatic heterocycles. The van der Waals surface area contributed by atoms with Gasteiger partial charge in [0.2, 0.25) is 5.91 Å². The highest BCUT2D eigenvalue weighted by molar-refractivity contribution is 7.18. The Morgan fingerprint density at radius 3 is 2.63 bits per heavy atom. The number of benzene rings is 1. The van der Waals surface area contributed by atoms with Gasteiger partial charge in [-0.1, -0.05) is 6.92 Å². The molecule has 0 bridgehead atoms. The molecule has 27 heavy (non-hydrogen) atoms. The largest absolute Gasteiger partial charge is 0.462 e. The highest BCUT2D eigenvalue weighted by Gasteiger charge is 2.12. The van der Waals surface area contributed by atoms with Crippen LogP contribution in [0.4, 0.5) is 5.69 Å². The number of hydrogen-bond donors (Lipinski definition) is 1. The molecule has 1 aromatic carbocycles. The third-order valence-electron chi connectivity index (χ3n) is 3.91. The van der Waals surface area contributed by atoms with Crippen molar-refractivity contribution in [3.05, 3.63) is 57.5 Å². The maximum absolute atomic E-state index is 12.5. The number of anilines is 1. The minimum atomic E-state index is -0.413. The number of thiophene rings is 1. The molecule has 2 heterocycles. The number of carbonyl (C=O) groups is 2. The Morgan fingerprint density at radius 2 is 1.96 bits per heavy atom. The van der Waals surface area contributed by atoms with Gasteiger partial charge in [-0.3, -0.25) is 14.2 Å². The molecule has 0 atom stereocenters. The first kappa shape index (κ1) is 18.8. The number of rotatable bonds is 6. The van der Waals surface area contributed by atoms with Crippen LogP contribution in [-0.4, -0.2) is 28.0 Å². The fourth-order valence-electron chi connectivity index (χ4n) is 2.56. The summed E-state index contributed by atoms with van der Waals surface area (Å²) in [5.41, 5.74) is 0.701. The summed E-state index contributed by atoms with van der Waals surface area (Å²) in [5.74, 6) is -0.767. The van der Waals surface area contributed by atoms with Crippen molar-refractivity contribution >= 4 is 39.1 Å². The SMILES string of the molecule is CCOC(=O)c1ccc(NC(=O)Cn2cnc3sc(CC)cc3c2=O)cc1. The molecule has 1 amide bonds. The topological polar surface area (TPSA) is 90.3 Å². The van der Waals surface area contributed by atoms with E-state index in [1.54, 1.807) is 31.2 Å². The number of esters is 1. The van der Waals surface area contributed by atoms with Gasteiger partial charge in [0, 0.05) is 10.6 Å². The van der Waals surface area contributed by atoms with E-state index < -0.39 is 5.97 Å². The van der Waals surface area contributed by atoms with Gasteiger partial charge in [-0.25, -0.2) is 9.78 Å². The van der Waals surface area contributed by atoms with E-state index in [-0.39, 0.29) is 18.0 Å². The molecule has 0 fully saturated rings. The maximum atomic E-state index is 12.5. The number of aromatic nitrogens is 2. The molecule has 0 unspecified atom stereocenters. The third kappa shape index (κ3) is 4.22. The molecule has 7 nitrogen and oxygen atoms in total. The molecule has 0 saturated carbocycles. The molecule has 3 aromatic rings. The van der Waals surface area contributed by atoms with Crippen LogP contribution < -0.4 is 10.9 Å². The van der Waals surface area contributed by atoms with E-state index in [0.717, 1.165) is 11.3 Å². The molecule has 2 aromatic heterocycles. The summed E-state index contributed by atoms with van der Waals surface area (Å²) in [7, 11) is 0. The van der Waals surface area contributed by atoms with Crippen molar-refractivity contribution in [2.24, 2.45) is 0 Å². The quantitative estimate of drug-likeness (QED) is 0.659. The zero-order valence-electron chi connectivity index (χ0n) is 15.0. The summed E-state index contributed by atoms with van der Waals surface area (Å²) in [6.45, 7) is 3.91. The Kier molecular flexibility index (Phi) is 5.66. The summed E-state index contributed by atoms with van der Waals surface area (Å²) in [6, 6.07) is 8.20. The van der Waals surface area contributed by atoms with Crippen LogP contribution in [0, 0.1) is 0 Å². The molecule has 0 aliphatic rings. The minimum absolute atomic E-state index is 0.140. The molecule has 0 saturated heterocycles. The van der Waals surface area contributed by atoms with Crippen molar-refractivity contribution in [2.75, 3.05) is 11.9 Å². The zero-order valence-corrected chi connectivity index (χ0v) is 15.8. The first-order valence-corrected chi connectivity index (χ1v) is 9.38. The number of hydrogen-bond acceptors (Lipinski definition) is 6. The Labute approximate surface area is 159 Å². The summed E-state index contributed by atoms with van der Waals surface area (Å²) < 4.78 is 6.20. The second-order valence-corrected chi connectivity index (χ2v) is 6.92. The molecule has 0 aliphatic carbocycles. The lowest BCUT2D eigenvalue weighted by Gasteiger charge is -2.08. The maximum Gasteiger partial charge on any atom is 0.338 e. The van der Waals surface area contributed by atoms with Gasteiger partial charge in [-0.05, 0) is 43.7 Å². The molecule has 0 radical (unpaired) electrons. The molecule has 3 rings (SSSR count). The van der Waals surface area contributed by atoms with Gasteiger partial charge >= 0.3 is 5.97 Å². The van der Waals surface area contributed by atoms with E-state index in [4.69, 9.17) is 4.74 Å². The van der Waals surface area contributed by atoms with Gasteiger partial charge in [0.25, 0.3) is 5.56 Å². The highest BCUT2D eigenvalue weighted by Crippen LogP contribution is 2.21. The van der Waals surface area contributed by atoms with Crippen LogP contribution in [0.15, 0.2) is 41.5 Å². The Bertz CT molecular complexity index is 1040. The fraction of sp³-hybridized carbons (Fsp3) is 0.263. The third-order valence-corrected chi connectivity index (χ3v) is 5.10. The lowest BCUT2D eigenvalue weighted by atomic mass is 10.2. The lowest BCUT2D eigenvalue weighted by molar-refractivity contribution is -0.116. The summed E-state index contributed by atoms with van der Waals surface area (Å²) in [6.07, 6.45) is 2.23. The van der Waals surface area contributed by atoms with Crippen LogP contribution in [-0.2, 0) is 22.5 Å². The van der Waals surface area contributed by atoms with Gasteiger partial charge in [-0.15, -0.1) is 11.3 Å². The van der Waals surface area contributed by atoms with Gasteiger partial charge in [-0.2, -0.15) is 0 Å². The molecule has 140 valence electrons. The lowest BCUT2D eigenvalue weighted by Crippen LogP contribution is -2.27. The molecular weight excluding hydrogens is 366 g/mol. The molecule has 1 N–H and O–H groups in total. The molecular formula is C19H19N3O4S. The average molecular weight is 385 g/mol. The van der Waals surface area contributed by atoms with Crippen molar-refractivity contribution in [3.63, 3.8) is 0 Å². The number of aryl methyl sites for hydroxylation is 1. The second-order valence-electron chi connectivity index (χ2n) is 5.81. The van der Waals surface area contributed by atoms with Crippen molar-refractivity contribution in [1.29, 1.82) is 0 Å².